The van der Waals surface area contributed by atoms with E-state index < -0.39 is 0 Å². The lowest BCUT2D eigenvalue weighted by Crippen LogP contribution is -2.39. The molecule has 0 spiro atoms. The first-order valence-corrected chi connectivity index (χ1v) is 7.12. The van der Waals surface area contributed by atoms with Gasteiger partial charge in [0.05, 0.1) is 0 Å². The Balaban J connectivity index is 1.84. The van der Waals surface area contributed by atoms with Crippen LogP contribution in [0.2, 0.25) is 0 Å². The predicted octanol–water partition coefficient (Wildman–Crippen LogP) is 3.03. The van der Waals surface area contributed by atoms with Gasteiger partial charge < -0.3 is 9.73 Å². The van der Waals surface area contributed by atoms with Crippen molar-refractivity contribution >= 4 is 0 Å². The number of hydrogen-bond donors (Lipinski definition) is 1. The molecule has 0 bridgehead atoms. The molecule has 2 rings (SSSR count). The van der Waals surface area contributed by atoms with E-state index in [0.29, 0.717) is 12.1 Å². The molecule has 1 aromatic rings. The third-order valence-corrected chi connectivity index (χ3v) is 4.03. The molecule has 0 amide bonds. The van der Waals surface area contributed by atoms with Gasteiger partial charge in [-0.25, -0.2) is 0 Å². The lowest BCUT2D eigenvalue weighted by molar-refractivity contribution is 0.247. The molecule has 1 aliphatic rings. The monoisotopic (exact) mass is 250 g/mol. The molecule has 3 heteroatoms. The molecule has 1 fully saturated rings. The van der Waals surface area contributed by atoms with Gasteiger partial charge in [0.1, 0.15) is 11.5 Å². The first-order chi connectivity index (χ1) is 8.58. The molecule has 2 unspecified atom stereocenters. The second-order valence-electron chi connectivity index (χ2n) is 5.59. The lowest BCUT2D eigenvalue weighted by Gasteiger charge is -2.25. The summed E-state index contributed by atoms with van der Waals surface area (Å²) >= 11 is 0. The Labute approximate surface area is 111 Å². The maximum Gasteiger partial charge on any atom is 0.105 e. The third kappa shape index (κ3) is 3.15. The quantitative estimate of drug-likeness (QED) is 0.870. The first kappa shape index (κ1) is 13.6. The van der Waals surface area contributed by atoms with E-state index in [1.54, 1.807) is 0 Å². The summed E-state index contributed by atoms with van der Waals surface area (Å²) < 4.78 is 5.59. The highest BCUT2D eigenvalue weighted by molar-refractivity contribution is 5.23. The SMILES string of the molecule is Cc1cc(C(C)NCC(C)N2CCCC2)c(C)o1. The molecular formula is C15H26N2O. The number of nitrogens with one attached hydrogen (secondary N) is 1. The molecule has 1 aliphatic heterocycles. The third-order valence-electron chi connectivity index (χ3n) is 4.03. The summed E-state index contributed by atoms with van der Waals surface area (Å²) in [6, 6.07) is 3.14. The summed E-state index contributed by atoms with van der Waals surface area (Å²) in [4.78, 5) is 2.58. The average Bonchev–Trinajstić information content (AvgIpc) is 2.95. The fourth-order valence-electron chi connectivity index (χ4n) is 2.85. The van der Waals surface area contributed by atoms with Crippen molar-refractivity contribution in [2.75, 3.05) is 19.6 Å². The number of likely N-dealkylation sites (tertiary alicyclic amines) is 1. The standard InChI is InChI=1S/C15H26N2O/c1-11(17-7-5-6-8-17)10-16-13(3)15-9-12(2)18-14(15)4/h9,11,13,16H,5-8,10H2,1-4H3. The van der Waals surface area contributed by atoms with E-state index in [9.17, 15) is 0 Å². The molecule has 2 heterocycles. The summed E-state index contributed by atoms with van der Waals surface area (Å²) in [5.41, 5.74) is 1.29. The molecule has 0 aliphatic carbocycles. The molecule has 18 heavy (non-hydrogen) atoms. The van der Waals surface area contributed by atoms with Crippen molar-refractivity contribution in [3.8, 4) is 0 Å². The summed E-state index contributed by atoms with van der Waals surface area (Å²) in [5, 5.41) is 3.63. The van der Waals surface area contributed by atoms with Gasteiger partial charge in [-0.05, 0) is 59.7 Å². The highest BCUT2D eigenvalue weighted by Gasteiger charge is 2.19. The van der Waals surface area contributed by atoms with E-state index in [-0.39, 0.29) is 0 Å². The van der Waals surface area contributed by atoms with Crippen molar-refractivity contribution in [2.24, 2.45) is 0 Å². The van der Waals surface area contributed by atoms with Gasteiger partial charge in [-0.2, -0.15) is 0 Å². The Kier molecular flexibility index (Phi) is 4.46. The maximum atomic E-state index is 5.59. The van der Waals surface area contributed by atoms with Crippen LogP contribution in [0.25, 0.3) is 0 Å². The predicted molar refractivity (Wildman–Crippen MR) is 74.9 cm³/mol. The second kappa shape index (κ2) is 5.89. The molecule has 3 nitrogen and oxygen atoms in total. The molecule has 2 atom stereocenters. The van der Waals surface area contributed by atoms with Crippen LogP contribution in [0.3, 0.4) is 0 Å². The molecular weight excluding hydrogens is 224 g/mol. The van der Waals surface area contributed by atoms with Crippen LogP contribution in [0, 0.1) is 13.8 Å². The van der Waals surface area contributed by atoms with E-state index in [0.717, 1.165) is 18.1 Å². The van der Waals surface area contributed by atoms with Crippen LogP contribution in [-0.4, -0.2) is 30.6 Å². The number of rotatable bonds is 5. The minimum atomic E-state index is 0.368. The molecule has 1 aromatic heterocycles. The van der Waals surface area contributed by atoms with Crippen molar-refractivity contribution in [1.29, 1.82) is 0 Å². The van der Waals surface area contributed by atoms with Crippen LogP contribution < -0.4 is 5.32 Å². The van der Waals surface area contributed by atoms with E-state index in [4.69, 9.17) is 4.42 Å². The molecule has 102 valence electrons. The van der Waals surface area contributed by atoms with Gasteiger partial charge in [0.2, 0.25) is 0 Å². The minimum Gasteiger partial charge on any atom is -0.466 e. The Morgan fingerprint density at radius 3 is 2.50 bits per heavy atom. The highest BCUT2D eigenvalue weighted by atomic mass is 16.3. The number of aryl methyl sites for hydroxylation is 2. The first-order valence-electron chi connectivity index (χ1n) is 7.12. The van der Waals surface area contributed by atoms with E-state index in [1.165, 1.54) is 31.5 Å². The second-order valence-corrected chi connectivity index (χ2v) is 5.59. The molecule has 0 saturated carbocycles. The van der Waals surface area contributed by atoms with Gasteiger partial charge in [-0.15, -0.1) is 0 Å². The Bertz CT molecular complexity index is 380. The van der Waals surface area contributed by atoms with Crippen LogP contribution in [0.1, 0.15) is 49.8 Å². The number of furan rings is 1. The van der Waals surface area contributed by atoms with Crippen LogP contribution in [0.15, 0.2) is 10.5 Å². The maximum absolute atomic E-state index is 5.59. The zero-order chi connectivity index (χ0) is 13.1. The summed E-state index contributed by atoms with van der Waals surface area (Å²) in [6.07, 6.45) is 2.72. The van der Waals surface area contributed by atoms with E-state index >= 15 is 0 Å². The molecule has 1 N–H and O–H groups in total. The van der Waals surface area contributed by atoms with Crippen LogP contribution in [0.5, 0.6) is 0 Å². The van der Waals surface area contributed by atoms with Gasteiger partial charge in [0.25, 0.3) is 0 Å². The summed E-state index contributed by atoms with van der Waals surface area (Å²) in [6.45, 7) is 12.2. The van der Waals surface area contributed by atoms with Gasteiger partial charge >= 0.3 is 0 Å². The smallest absolute Gasteiger partial charge is 0.105 e. The lowest BCUT2D eigenvalue weighted by atomic mass is 10.1. The zero-order valence-electron chi connectivity index (χ0n) is 12.1. The van der Waals surface area contributed by atoms with Gasteiger partial charge in [-0.3, -0.25) is 4.90 Å². The van der Waals surface area contributed by atoms with Gasteiger partial charge in [0, 0.05) is 24.2 Å². The van der Waals surface area contributed by atoms with Gasteiger partial charge in [0.15, 0.2) is 0 Å². The van der Waals surface area contributed by atoms with Crippen LogP contribution in [-0.2, 0) is 0 Å². The Morgan fingerprint density at radius 2 is 1.94 bits per heavy atom. The Morgan fingerprint density at radius 1 is 1.28 bits per heavy atom. The highest BCUT2D eigenvalue weighted by Crippen LogP contribution is 2.21. The van der Waals surface area contributed by atoms with E-state index in [2.05, 4.69) is 30.1 Å². The number of nitrogens with zero attached hydrogens (tertiary/aromatic N) is 1. The van der Waals surface area contributed by atoms with Crippen LogP contribution in [0.4, 0.5) is 0 Å². The Hall–Kier alpha value is -0.800. The van der Waals surface area contributed by atoms with Gasteiger partial charge in [-0.1, -0.05) is 0 Å². The van der Waals surface area contributed by atoms with Crippen molar-refractivity contribution in [2.45, 2.75) is 52.6 Å². The average molecular weight is 250 g/mol. The molecule has 1 saturated heterocycles. The fourth-order valence-corrected chi connectivity index (χ4v) is 2.85. The van der Waals surface area contributed by atoms with E-state index in [1.807, 2.05) is 13.8 Å². The largest absolute Gasteiger partial charge is 0.466 e. The number of hydrogen-bond acceptors (Lipinski definition) is 3. The summed E-state index contributed by atoms with van der Waals surface area (Å²) in [5.74, 6) is 2.05. The topological polar surface area (TPSA) is 28.4 Å². The molecule has 0 radical (unpaired) electrons. The van der Waals surface area contributed by atoms with Crippen LogP contribution >= 0.6 is 0 Å². The van der Waals surface area contributed by atoms with Crippen molar-refractivity contribution in [3.63, 3.8) is 0 Å². The zero-order valence-corrected chi connectivity index (χ0v) is 12.1. The van der Waals surface area contributed by atoms with Crippen molar-refractivity contribution < 1.29 is 4.42 Å². The minimum absolute atomic E-state index is 0.368. The van der Waals surface area contributed by atoms with Crippen molar-refractivity contribution in [1.82, 2.24) is 10.2 Å². The van der Waals surface area contributed by atoms with Crippen molar-refractivity contribution in [3.05, 3.63) is 23.2 Å². The normalized spacial score (nSPS) is 20.2. The molecule has 0 aromatic carbocycles. The fraction of sp³-hybridized carbons (Fsp3) is 0.733. The summed E-state index contributed by atoms with van der Waals surface area (Å²) in [7, 11) is 0.